The highest BCUT2D eigenvalue weighted by atomic mass is 35.5. The molecule has 3 aromatic carbocycles. The van der Waals surface area contributed by atoms with Crippen molar-refractivity contribution >= 4 is 50.4 Å². The number of aromatic nitrogens is 1. The monoisotopic (exact) mass is 545 g/mol. The Morgan fingerprint density at radius 3 is 2.29 bits per heavy atom. The van der Waals surface area contributed by atoms with Gasteiger partial charge in [0.2, 0.25) is 0 Å². The molecule has 1 amide bonds. The molecule has 3 N–H and O–H groups in total. The third-order valence-corrected chi connectivity index (χ3v) is 7.41. The highest BCUT2D eigenvalue weighted by Crippen LogP contribution is 2.43. The first-order valence-corrected chi connectivity index (χ1v) is 12.8. The molecule has 0 atom stereocenters. The van der Waals surface area contributed by atoms with E-state index in [0.717, 1.165) is 22.4 Å². The molecule has 2 heterocycles. The number of fused-ring (bicyclic) bond motifs is 1. The van der Waals surface area contributed by atoms with Gasteiger partial charge in [-0.2, -0.15) is 0 Å². The van der Waals surface area contributed by atoms with Crippen LogP contribution < -0.4 is 25.3 Å². The number of ether oxygens (including phenoxy) is 3. The van der Waals surface area contributed by atoms with Crippen LogP contribution in [0.2, 0.25) is 5.02 Å². The van der Waals surface area contributed by atoms with E-state index in [1.807, 2.05) is 54.6 Å². The summed E-state index contributed by atoms with van der Waals surface area (Å²) in [6.45, 7) is 0. The van der Waals surface area contributed by atoms with Crippen molar-refractivity contribution in [2.75, 3.05) is 32.4 Å². The number of hydrogen-bond donors (Lipinski definition) is 2. The lowest BCUT2D eigenvalue weighted by molar-refractivity contribution is 0.103. The van der Waals surface area contributed by atoms with Gasteiger partial charge in [-0.1, -0.05) is 48.0 Å². The molecule has 2 aromatic heterocycles. The second-order valence-corrected chi connectivity index (χ2v) is 9.75. The predicted molar refractivity (Wildman–Crippen MR) is 154 cm³/mol. The molecule has 0 saturated carbocycles. The van der Waals surface area contributed by atoms with Gasteiger partial charge in [0.05, 0.1) is 38.4 Å². The molecular weight excluding hydrogens is 522 g/mol. The lowest BCUT2D eigenvalue weighted by Crippen LogP contribution is -2.12. The topological polar surface area (TPSA) is 95.7 Å². The number of nitrogen functional groups attached to an aromatic ring is 1. The summed E-state index contributed by atoms with van der Waals surface area (Å²) in [5.74, 6) is 1.29. The van der Waals surface area contributed by atoms with Crippen molar-refractivity contribution in [2.24, 2.45) is 0 Å². The fourth-order valence-corrected chi connectivity index (χ4v) is 5.42. The van der Waals surface area contributed by atoms with Crippen molar-refractivity contribution in [1.82, 2.24) is 4.98 Å². The zero-order valence-corrected chi connectivity index (χ0v) is 22.4. The lowest BCUT2D eigenvalue weighted by atomic mass is 9.99. The molecule has 5 aromatic rings. The van der Waals surface area contributed by atoms with Gasteiger partial charge in [-0.3, -0.25) is 4.79 Å². The fourth-order valence-electron chi connectivity index (χ4n) is 4.23. The van der Waals surface area contributed by atoms with Crippen LogP contribution in [0.5, 0.6) is 17.2 Å². The highest BCUT2D eigenvalue weighted by molar-refractivity contribution is 7.21. The summed E-state index contributed by atoms with van der Waals surface area (Å²) in [4.78, 5) is 19.3. The summed E-state index contributed by atoms with van der Waals surface area (Å²) in [5.41, 5.74) is 10.8. The number of carbonyl (C=O) groups excluding carboxylic acids is 1. The highest BCUT2D eigenvalue weighted by Gasteiger charge is 2.23. The number of benzene rings is 3. The van der Waals surface area contributed by atoms with Gasteiger partial charge in [0.15, 0.2) is 11.5 Å². The van der Waals surface area contributed by atoms with Crippen LogP contribution in [0, 0.1) is 0 Å². The number of pyridine rings is 1. The largest absolute Gasteiger partial charge is 0.495 e. The summed E-state index contributed by atoms with van der Waals surface area (Å²) < 4.78 is 16.3. The second-order valence-electron chi connectivity index (χ2n) is 8.31. The number of carbonyl (C=O) groups is 1. The van der Waals surface area contributed by atoms with Crippen molar-refractivity contribution in [2.45, 2.75) is 0 Å². The van der Waals surface area contributed by atoms with E-state index in [0.29, 0.717) is 48.7 Å². The van der Waals surface area contributed by atoms with Gasteiger partial charge in [0, 0.05) is 16.0 Å². The first-order valence-electron chi connectivity index (χ1n) is 11.6. The van der Waals surface area contributed by atoms with Gasteiger partial charge in [0.1, 0.15) is 15.5 Å². The molecule has 0 unspecified atom stereocenters. The van der Waals surface area contributed by atoms with Crippen LogP contribution in [0.1, 0.15) is 9.67 Å². The van der Waals surface area contributed by atoms with E-state index in [-0.39, 0.29) is 5.91 Å². The molecule has 38 heavy (non-hydrogen) atoms. The van der Waals surface area contributed by atoms with Crippen LogP contribution in [0.25, 0.3) is 32.6 Å². The number of amides is 1. The van der Waals surface area contributed by atoms with E-state index in [9.17, 15) is 4.79 Å². The number of thiophene rings is 1. The lowest BCUT2D eigenvalue weighted by Gasteiger charge is -2.12. The average molecular weight is 546 g/mol. The van der Waals surface area contributed by atoms with Crippen LogP contribution >= 0.6 is 22.9 Å². The number of nitrogens with two attached hydrogens (primary N) is 1. The van der Waals surface area contributed by atoms with Crippen LogP contribution in [0.15, 0.2) is 72.8 Å². The van der Waals surface area contributed by atoms with Crippen LogP contribution in [0.4, 0.5) is 11.4 Å². The molecule has 0 spiro atoms. The van der Waals surface area contributed by atoms with Crippen molar-refractivity contribution in [3.63, 3.8) is 0 Å². The Bertz CT molecular complexity index is 1650. The van der Waals surface area contributed by atoms with Gasteiger partial charge in [0.25, 0.3) is 5.91 Å². The first kappa shape index (κ1) is 25.4. The molecule has 192 valence electrons. The predicted octanol–water partition coefficient (Wildman–Crippen LogP) is 7.14. The normalized spacial score (nSPS) is 10.8. The molecule has 0 fully saturated rings. The zero-order chi connectivity index (χ0) is 26.8. The Morgan fingerprint density at radius 2 is 1.58 bits per heavy atom. The first-order chi connectivity index (χ1) is 18.4. The Kier molecular flexibility index (Phi) is 7.09. The number of anilines is 2. The van der Waals surface area contributed by atoms with E-state index in [2.05, 4.69) is 5.32 Å². The van der Waals surface area contributed by atoms with Gasteiger partial charge < -0.3 is 25.3 Å². The van der Waals surface area contributed by atoms with Crippen molar-refractivity contribution < 1.29 is 19.0 Å². The summed E-state index contributed by atoms with van der Waals surface area (Å²) >= 11 is 7.38. The summed E-state index contributed by atoms with van der Waals surface area (Å²) in [7, 11) is 4.70. The van der Waals surface area contributed by atoms with Crippen molar-refractivity contribution in [3.8, 4) is 39.6 Å². The van der Waals surface area contributed by atoms with E-state index in [1.165, 1.54) is 18.4 Å². The van der Waals surface area contributed by atoms with Crippen LogP contribution in [-0.2, 0) is 0 Å². The third kappa shape index (κ3) is 4.71. The number of rotatable bonds is 7. The zero-order valence-electron chi connectivity index (χ0n) is 20.9. The molecule has 0 bridgehead atoms. The molecule has 0 aliphatic carbocycles. The van der Waals surface area contributed by atoms with Crippen LogP contribution in [0.3, 0.4) is 0 Å². The number of halogens is 1. The molecule has 0 aliphatic heterocycles. The number of nitrogens with zero attached hydrogens (tertiary/aromatic N) is 1. The summed E-state index contributed by atoms with van der Waals surface area (Å²) in [5, 5.41) is 4.03. The van der Waals surface area contributed by atoms with Crippen molar-refractivity contribution in [3.05, 3.63) is 82.7 Å². The van der Waals surface area contributed by atoms with E-state index < -0.39 is 0 Å². The Morgan fingerprint density at radius 1 is 0.868 bits per heavy atom. The molecule has 0 saturated heterocycles. The molecule has 0 radical (unpaired) electrons. The van der Waals surface area contributed by atoms with E-state index in [1.54, 1.807) is 32.4 Å². The maximum atomic E-state index is 13.4. The smallest absolute Gasteiger partial charge is 0.268 e. The van der Waals surface area contributed by atoms with Gasteiger partial charge in [-0.15, -0.1) is 11.3 Å². The summed E-state index contributed by atoms with van der Waals surface area (Å²) in [6.07, 6.45) is 0. The minimum atomic E-state index is -0.384. The number of methoxy groups -OCH3 is 3. The fraction of sp³-hybridized carbons (Fsp3) is 0.103. The third-order valence-electron chi connectivity index (χ3n) is 6.08. The van der Waals surface area contributed by atoms with Gasteiger partial charge in [-0.25, -0.2) is 4.98 Å². The number of hydrogen-bond acceptors (Lipinski definition) is 7. The van der Waals surface area contributed by atoms with Gasteiger partial charge in [-0.05, 0) is 47.5 Å². The van der Waals surface area contributed by atoms with E-state index >= 15 is 0 Å². The summed E-state index contributed by atoms with van der Waals surface area (Å²) in [6, 6.07) is 22.5. The number of nitrogens with one attached hydrogen (secondary N) is 1. The SMILES string of the molecule is COc1ccc(Cl)cc1NC(=O)c1sc2nc(-c3ccccc3)cc(-c3ccc(OC)c(OC)c3)c2c1N. The van der Waals surface area contributed by atoms with Crippen LogP contribution in [-0.4, -0.2) is 32.2 Å². The Labute approximate surface area is 228 Å². The minimum Gasteiger partial charge on any atom is -0.495 e. The Balaban J connectivity index is 1.68. The minimum absolute atomic E-state index is 0.334. The molecule has 5 rings (SSSR count). The standard InChI is InChI=1S/C29H24ClN3O4S/c1-35-22-12-10-18(30)14-21(22)32-28(34)27-26(31)25-19(17-9-11-23(36-2)24(13-17)37-3)15-20(33-29(25)38-27)16-7-5-4-6-8-16/h4-15H,31H2,1-3H3,(H,32,34). The molecule has 7 nitrogen and oxygen atoms in total. The van der Waals surface area contributed by atoms with Crippen molar-refractivity contribution in [1.29, 1.82) is 0 Å². The van der Waals surface area contributed by atoms with Gasteiger partial charge >= 0.3 is 0 Å². The maximum Gasteiger partial charge on any atom is 0.268 e. The second kappa shape index (κ2) is 10.6. The molecule has 9 heteroatoms. The quantitative estimate of drug-likeness (QED) is 0.225. The maximum absolute atomic E-state index is 13.4. The average Bonchev–Trinajstić information content (AvgIpc) is 3.29. The molecular formula is C29H24ClN3O4S. The van der Waals surface area contributed by atoms with E-state index in [4.69, 9.17) is 36.5 Å². The molecule has 0 aliphatic rings. The Hall–Kier alpha value is -4.27.